The van der Waals surface area contributed by atoms with E-state index in [1.54, 1.807) is 12.1 Å². The lowest BCUT2D eigenvalue weighted by molar-refractivity contribution is -0.115. The first-order valence-corrected chi connectivity index (χ1v) is 11.4. The van der Waals surface area contributed by atoms with E-state index >= 15 is 0 Å². The number of nitrogens with zero attached hydrogens (tertiary/aromatic N) is 1. The molecule has 0 atom stereocenters. The predicted octanol–water partition coefficient (Wildman–Crippen LogP) is 4.01. The topological polar surface area (TPSA) is 85.2 Å². The Morgan fingerprint density at radius 1 is 0.967 bits per heavy atom. The minimum atomic E-state index is -3.61. The van der Waals surface area contributed by atoms with E-state index in [1.165, 1.54) is 47.2 Å². The molecule has 3 aromatic rings. The Bertz CT molecular complexity index is 1220. The Morgan fingerprint density at radius 2 is 1.67 bits per heavy atom. The summed E-state index contributed by atoms with van der Waals surface area (Å²) in [6.07, 6.45) is 1.27. The normalized spacial score (nSPS) is 11.3. The molecule has 0 saturated carbocycles. The molecule has 0 aliphatic carbocycles. The first-order valence-electron chi connectivity index (χ1n) is 8.97. The van der Waals surface area contributed by atoms with E-state index in [9.17, 15) is 18.0 Å². The second-order valence-electron chi connectivity index (χ2n) is 6.55. The van der Waals surface area contributed by atoms with Crippen molar-refractivity contribution in [3.63, 3.8) is 0 Å². The van der Waals surface area contributed by atoms with Crippen molar-refractivity contribution in [2.75, 3.05) is 11.1 Å². The molecule has 0 aliphatic rings. The number of nitrogens with one attached hydrogen (secondary N) is 1. The van der Waals surface area contributed by atoms with Gasteiger partial charge in [-0.2, -0.15) is 0 Å². The van der Waals surface area contributed by atoms with Gasteiger partial charge in [-0.1, -0.05) is 41.4 Å². The van der Waals surface area contributed by atoms with Gasteiger partial charge in [0.05, 0.1) is 22.9 Å². The van der Waals surface area contributed by atoms with Gasteiger partial charge in [0.2, 0.25) is 5.91 Å². The monoisotopic (exact) mass is 464 g/mol. The molecule has 156 valence electrons. The van der Waals surface area contributed by atoms with Crippen LogP contribution in [-0.2, 0) is 21.2 Å². The van der Waals surface area contributed by atoms with Crippen LogP contribution < -0.4 is 10.9 Å². The van der Waals surface area contributed by atoms with Crippen molar-refractivity contribution in [1.82, 2.24) is 4.57 Å². The molecule has 0 bridgehead atoms. The lowest BCUT2D eigenvalue weighted by atomic mass is 10.2. The van der Waals surface area contributed by atoms with Gasteiger partial charge < -0.3 is 9.88 Å². The predicted molar refractivity (Wildman–Crippen MR) is 118 cm³/mol. The van der Waals surface area contributed by atoms with Gasteiger partial charge in [0.1, 0.15) is 0 Å². The molecule has 30 heavy (non-hydrogen) atoms. The van der Waals surface area contributed by atoms with Crippen molar-refractivity contribution in [3.05, 3.63) is 92.8 Å². The van der Waals surface area contributed by atoms with E-state index in [0.717, 1.165) is 5.56 Å². The van der Waals surface area contributed by atoms with Crippen molar-refractivity contribution in [1.29, 1.82) is 0 Å². The van der Waals surface area contributed by atoms with Crippen LogP contribution in [0.15, 0.2) is 76.6 Å². The molecular formula is C21H18Cl2N2O4S. The molecule has 0 unspecified atom stereocenters. The highest BCUT2D eigenvalue weighted by molar-refractivity contribution is 7.91. The molecule has 2 aromatic carbocycles. The number of carbonyl (C=O) groups is 1. The average molecular weight is 465 g/mol. The Morgan fingerprint density at radius 3 is 2.37 bits per heavy atom. The third-order valence-electron chi connectivity index (χ3n) is 4.34. The maximum absolute atomic E-state index is 12.4. The summed E-state index contributed by atoms with van der Waals surface area (Å²) in [6.45, 7) is 0.243. The van der Waals surface area contributed by atoms with Gasteiger partial charge in [-0.15, -0.1) is 0 Å². The molecule has 1 heterocycles. The van der Waals surface area contributed by atoms with Crippen molar-refractivity contribution in [2.24, 2.45) is 0 Å². The summed E-state index contributed by atoms with van der Waals surface area (Å²) in [6, 6.07) is 15.7. The fourth-order valence-corrected chi connectivity index (χ4v) is 4.31. The lowest BCUT2D eigenvalue weighted by Gasteiger charge is -2.11. The fourth-order valence-electron chi connectivity index (χ4n) is 2.75. The number of sulfone groups is 1. The number of rotatable bonds is 7. The number of pyridine rings is 1. The minimum absolute atomic E-state index is 0.105. The van der Waals surface area contributed by atoms with E-state index in [0.29, 0.717) is 15.7 Å². The smallest absolute Gasteiger partial charge is 0.250 e. The summed E-state index contributed by atoms with van der Waals surface area (Å²) < 4.78 is 26.1. The van der Waals surface area contributed by atoms with Crippen molar-refractivity contribution in [3.8, 4) is 0 Å². The molecular weight excluding hydrogens is 447 g/mol. The van der Waals surface area contributed by atoms with Crippen LogP contribution in [0.4, 0.5) is 5.69 Å². The molecule has 9 heteroatoms. The van der Waals surface area contributed by atoms with Crippen molar-refractivity contribution < 1.29 is 13.2 Å². The van der Waals surface area contributed by atoms with Crippen molar-refractivity contribution in [2.45, 2.75) is 17.9 Å². The number of anilines is 1. The second kappa shape index (κ2) is 9.47. The lowest BCUT2D eigenvalue weighted by Crippen LogP contribution is -2.22. The number of aromatic nitrogens is 1. The summed E-state index contributed by atoms with van der Waals surface area (Å²) in [5, 5.41) is 3.59. The maximum atomic E-state index is 12.4. The average Bonchev–Trinajstić information content (AvgIpc) is 2.71. The van der Waals surface area contributed by atoms with E-state index < -0.39 is 15.7 Å². The Kier molecular flexibility index (Phi) is 6.97. The van der Waals surface area contributed by atoms with Crippen LogP contribution in [0.5, 0.6) is 0 Å². The molecule has 0 aliphatic heterocycles. The molecule has 3 rings (SSSR count). The third-order valence-corrected chi connectivity index (χ3v) is 6.69. The molecule has 0 saturated heterocycles. The van der Waals surface area contributed by atoms with Gasteiger partial charge in [-0.25, -0.2) is 8.42 Å². The molecule has 0 fully saturated rings. The van der Waals surface area contributed by atoms with E-state index in [4.69, 9.17) is 23.2 Å². The van der Waals surface area contributed by atoms with Crippen LogP contribution in [0.2, 0.25) is 10.0 Å². The highest BCUT2D eigenvalue weighted by Crippen LogP contribution is 2.18. The maximum Gasteiger partial charge on any atom is 0.250 e. The van der Waals surface area contributed by atoms with Gasteiger partial charge in [-0.05, 0) is 42.0 Å². The summed E-state index contributed by atoms with van der Waals surface area (Å²) in [5.41, 5.74) is 0.896. The third kappa shape index (κ3) is 5.72. The molecule has 6 nitrogen and oxygen atoms in total. The van der Waals surface area contributed by atoms with Gasteiger partial charge in [0, 0.05) is 28.7 Å². The zero-order valence-electron chi connectivity index (χ0n) is 15.7. The molecule has 0 spiro atoms. The zero-order valence-corrected chi connectivity index (χ0v) is 18.0. The van der Waals surface area contributed by atoms with E-state index in [-0.39, 0.29) is 29.2 Å². The van der Waals surface area contributed by atoms with Crippen molar-refractivity contribution >= 4 is 44.6 Å². The van der Waals surface area contributed by atoms with Gasteiger partial charge in [0.15, 0.2) is 9.84 Å². The Labute approximate surface area is 184 Å². The SMILES string of the molecule is O=C(CCS(=O)(=O)c1ccc(Cl)cc1)Nc1ccc(=O)n(Cc2ccccc2Cl)c1. The summed E-state index contributed by atoms with van der Waals surface area (Å²) in [5.74, 6) is -0.824. The van der Waals surface area contributed by atoms with Gasteiger partial charge in [-0.3, -0.25) is 9.59 Å². The highest BCUT2D eigenvalue weighted by Gasteiger charge is 2.16. The minimum Gasteiger partial charge on any atom is -0.325 e. The molecule has 1 N–H and O–H groups in total. The number of carbonyl (C=O) groups excluding carboxylic acids is 1. The number of halogens is 2. The quantitative estimate of drug-likeness (QED) is 0.572. The fraction of sp³-hybridized carbons (Fsp3) is 0.143. The van der Waals surface area contributed by atoms with Gasteiger partial charge in [0.25, 0.3) is 5.56 Å². The van der Waals surface area contributed by atoms with Gasteiger partial charge >= 0.3 is 0 Å². The largest absolute Gasteiger partial charge is 0.325 e. The van der Waals surface area contributed by atoms with Crippen LogP contribution in [0, 0.1) is 0 Å². The van der Waals surface area contributed by atoms with E-state index in [1.807, 2.05) is 12.1 Å². The highest BCUT2D eigenvalue weighted by atomic mass is 35.5. The summed E-state index contributed by atoms with van der Waals surface area (Å²) in [7, 11) is -3.61. The Hall–Kier alpha value is -2.61. The first-order chi connectivity index (χ1) is 14.2. The number of amides is 1. The molecule has 1 aromatic heterocycles. The second-order valence-corrected chi connectivity index (χ2v) is 9.50. The summed E-state index contributed by atoms with van der Waals surface area (Å²) >= 11 is 11.9. The van der Waals surface area contributed by atoms with Crippen LogP contribution in [0.3, 0.4) is 0 Å². The van der Waals surface area contributed by atoms with Crippen LogP contribution in [0.25, 0.3) is 0 Å². The summed E-state index contributed by atoms with van der Waals surface area (Å²) in [4.78, 5) is 24.5. The van der Waals surface area contributed by atoms with E-state index in [2.05, 4.69) is 5.32 Å². The Balaban J connectivity index is 1.66. The number of hydrogen-bond acceptors (Lipinski definition) is 4. The van der Waals surface area contributed by atoms with Crippen LogP contribution in [0.1, 0.15) is 12.0 Å². The first kappa shape index (κ1) is 22.1. The van der Waals surface area contributed by atoms with Crippen LogP contribution >= 0.6 is 23.2 Å². The molecule has 1 amide bonds. The number of benzene rings is 2. The standard InChI is InChI=1S/C21H18Cl2N2O4S/c22-16-5-8-18(9-6-16)30(28,29)12-11-20(26)24-17-7-10-21(27)25(14-17)13-15-3-1-2-4-19(15)23/h1-10,14H,11-13H2,(H,24,26). The zero-order chi connectivity index (χ0) is 21.7. The molecule has 0 radical (unpaired) electrons. The number of hydrogen-bond donors (Lipinski definition) is 1. The van der Waals surface area contributed by atoms with Crippen LogP contribution in [-0.4, -0.2) is 24.6 Å².